The van der Waals surface area contributed by atoms with Gasteiger partial charge in [0.25, 0.3) is 5.91 Å². The van der Waals surface area contributed by atoms with Gasteiger partial charge in [0.05, 0.1) is 5.69 Å². The molecule has 1 amide bonds. The number of fused-ring (bicyclic) bond motifs is 1. The van der Waals surface area contributed by atoms with Crippen molar-refractivity contribution in [3.05, 3.63) is 60.2 Å². The SMILES string of the molecule is CCOC1COc2ccccc2N1C(=O)c1ccccc1. The van der Waals surface area contributed by atoms with Gasteiger partial charge in [0.15, 0.2) is 6.23 Å². The second-order valence-corrected chi connectivity index (χ2v) is 4.73. The van der Waals surface area contributed by atoms with Crippen LogP contribution in [0, 0.1) is 0 Å². The van der Waals surface area contributed by atoms with E-state index in [0.29, 0.717) is 24.5 Å². The first-order valence-corrected chi connectivity index (χ1v) is 7.03. The number of benzene rings is 2. The highest BCUT2D eigenvalue weighted by molar-refractivity contribution is 6.07. The molecule has 2 aromatic rings. The predicted molar refractivity (Wildman–Crippen MR) is 80.6 cm³/mol. The van der Waals surface area contributed by atoms with Crippen molar-refractivity contribution < 1.29 is 14.3 Å². The molecule has 1 aliphatic rings. The summed E-state index contributed by atoms with van der Waals surface area (Å²) in [6, 6.07) is 16.7. The molecule has 1 atom stereocenters. The molecule has 3 rings (SSSR count). The summed E-state index contributed by atoms with van der Waals surface area (Å²) in [5.74, 6) is 0.627. The second-order valence-electron chi connectivity index (χ2n) is 4.73. The molecular weight excluding hydrogens is 266 g/mol. The van der Waals surface area contributed by atoms with E-state index in [9.17, 15) is 4.79 Å². The molecule has 0 saturated carbocycles. The van der Waals surface area contributed by atoms with Crippen LogP contribution in [0.15, 0.2) is 54.6 Å². The summed E-state index contributed by atoms with van der Waals surface area (Å²) >= 11 is 0. The van der Waals surface area contributed by atoms with Gasteiger partial charge in [-0.1, -0.05) is 30.3 Å². The van der Waals surface area contributed by atoms with Crippen LogP contribution >= 0.6 is 0 Å². The van der Waals surface area contributed by atoms with Crippen molar-refractivity contribution in [2.24, 2.45) is 0 Å². The molecule has 1 aliphatic heterocycles. The Morgan fingerprint density at radius 2 is 1.90 bits per heavy atom. The third kappa shape index (κ3) is 2.62. The molecule has 21 heavy (non-hydrogen) atoms. The first-order valence-electron chi connectivity index (χ1n) is 7.03. The molecule has 0 radical (unpaired) electrons. The zero-order valence-electron chi connectivity index (χ0n) is 11.9. The lowest BCUT2D eigenvalue weighted by Gasteiger charge is -2.36. The summed E-state index contributed by atoms with van der Waals surface area (Å²) < 4.78 is 11.4. The van der Waals surface area contributed by atoms with E-state index < -0.39 is 6.23 Å². The lowest BCUT2D eigenvalue weighted by molar-refractivity contribution is 0.0172. The third-order valence-electron chi connectivity index (χ3n) is 3.39. The molecule has 4 nitrogen and oxygen atoms in total. The minimum absolute atomic E-state index is 0.0789. The number of hydrogen-bond donors (Lipinski definition) is 0. The second kappa shape index (κ2) is 5.97. The van der Waals surface area contributed by atoms with Crippen molar-refractivity contribution in [1.29, 1.82) is 0 Å². The Bertz CT molecular complexity index is 627. The van der Waals surface area contributed by atoms with E-state index in [2.05, 4.69) is 0 Å². The van der Waals surface area contributed by atoms with Crippen LogP contribution < -0.4 is 9.64 Å². The Kier molecular flexibility index (Phi) is 3.88. The number of para-hydroxylation sites is 2. The van der Waals surface area contributed by atoms with Crippen molar-refractivity contribution in [2.75, 3.05) is 18.1 Å². The topological polar surface area (TPSA) is 38.8 Å². The van der Waals surface area contributed by atoms with Gasteiger partial charge in [-0.05, 0) is 31.2 Å². The van der Waals surface area contributed by atoms with Crippen LogP contribution in [-0.2, 0) is 4.74 Å². The highest BCUT2D eigenvalue weighted by Crippen LogP contribution is 2.34. The fourth-order valence-electron chi connectivity index (χ4n) is 2.44. The number of amides is 1. The van der Waals surface area contributed by atoms with Gasteiger partial charge in [0.1, 0.15) is 12.4 Å². The van der Waals surface area contributed by atoms with E-state index in [1.165, 1.54) is 0 Å². The van der Waals surface area contributed by atoms with E-state index in [-0.39, 0.29) is 5.91 Å². The van der Waals surface area contributed by atoms with Crippen molar-refractivity contribution >= 4 is 11.6 Å². The molecule has 0 aliphatic carbocycles. The molecule has 2 aromatic carbocycles. The summed E-state index contributed by atoms with van der Waals surface area (Å²) in [7, 11) is 0. The summed E-state index contributed by atoms with van der Waals surface area (Å²) in [5.41, 5.74) is 1.38. The third-order valence-corrected chi connectivity index (χ3v) is 3.39. The van der Waals surface area contributed by atoms with Crippen LogP contribution in [0.4, 0.5) is 5.69 Å². The molecule has 0 N–H and O–H groups in total. The average molecular weight is 283 g/mol. The molecule has 0 fully saturated rings. The van der Waals surface area contributed by atoms with Crippen LogP contribution in [0.2, 0.25) is 0 Å². The van der Waals surface area contributed by atoms with Gasteiger partial charge in [-0.25, -0.2) is 0 Å². The number of rotatable bonds is 3. The molecule has 0 saturated heterocycles. The fraction of sp³-hybridized carbons (Fsp3) is 0.235. The molecule has 0 aromatic heterocycles. The maximum atomic E-state index is 12.8. The van der Waals surface area contributed by atoms with Crippen molar-refractivity contribution in [1.82, 2.24) is 0 Å². The fourth-order valence-corrected chi connectivity index (χ4v) is 2.44. The summed E-state index contributed by atoms with van der Waals surface area (Å²) in [6.45, 7) is 2.77. The van der Waals surface area contributed by atoms with Crippen molar-refractivity contribution in [2.45, 2.75) is 13.2 Å². The normalized spacial score (nSPS) is 17.0. The Hall–Kier alpha value is -2.33. The molecule has 0 bridgehead atoms. The quantitative estimate of drug-likeness (QED) is 0.869. The highest BCUT2D eigenvalue weighted by Gasteiger charge is 2.33. The number of ether oxygens (including phenoxy) is 2. The van der Waals surface area contributed by atoms with Gasteiger partial charge in [-0.15, -0.1) is 0 Å². The Labute approximate surface area is 123 Å². The minimum Gasteiger partial charge on any atom is -0.487 e. The molecule has 1 heterocycles. The van der Waals surface area contributed by atoms with Gasteiger partial charge in [-0.2, -0.15) is 0 Å². The maximum Gasteiger partial charge on any atom is 0.260 e. The standard InChI is InChI=1S/C17H17NO3/c1-2-20-16-12-21-15-11-7-6-10-14(15)18(16)17(19)13-8-4-3-5-9-13/h3-11,16H,2,12H2,1H3. The zero-order valence-corrected chi connectivity index (χ0v) is 11.9. The monoisotopic (exact) mass is 283 g/mol. The number of carbonyl (C=O) groups is 1. The lowest BCUT2D eigenvalue weighted by Crippen LogP contribution is -2.48. The zero-order chi connectivity index (χ0) is 14.7. The molecule has 4 heteroatoms. The van der Waals surface area contributed by atoms with E-state index in [1.54, 1.807) is 4.90 Å². The molecule has 108 valence electrons. The summed E-state index contributed by atoms with van der Waals surface area (Å²) in [5, 5.41) is 0. The molecule has 1 unspecified atom stereocenters. The average Bonchev–Trinajstić information content (AvgIpc) is 2.55. The Balaban J connectivity index is 2.01. The van der Waals surface area contributed by atoms with Crippen LogP contribution in [-0.4, -0.2) is 25.3 Å². The van der Waals surface area contributed by atoms with Gasteiger partial charge < -0.3 is 9.47 Å². The van der Waals surface area contributed by atoms with Gasteiger partial charge in [0.2, 0.25) is 0 Å². The van der Waals surface area contributed by atoms with Gasteiger partial charge in [0, 0.05) is 12.2 Å². The minimum atomic E-state index is -0.405. The van der Waals surface area contributed by atoms with Crippen molar-refractivity contribution in [3.63, 3.8) is 0 Å². The van der Waals surface area contributed by atoms with E-state index >= 15 is 0 Å². The lowest BCUT2D eigenvalue weighted by atomic mass is 10.1. The van der Waals surface area contributed by atoms with Gasteiger partial charge in [-0.3, -0.25) is 9.69 Å². The van der Waals surface area contributed by atoms with E-state index in [4.69, 9.17) is 9.47 Å². The van der Waals surface area contributed by atoms with Crippen molar-refractivity contribution in [3.8, 4) is 5.75 Å². The summed E-state index contributed by atoms with van der Waals surface area (Å²) in [6.07, 6.45) is -0.405. The first kappa shape index (κ1) is 13.6. The molecular formula is C17H17NO3. The van der Waals surface area contributed by atoms with E-state index in [1.807, 2.05) is 61.5 Å². The number of nitrogens with zero attached hydrogens (tertiary/aromatic N) is 1. The predicted octanol–water partition coefficient (Wildman–Crippen LogP) is 3.09. The van der Waals surface area contributed by atoms with Crippen LogP contribution in [0.3, 0.4) is 0 Å². The Morgan fingerprint density at radius 3 is 2.67 bits per heavy atom. The highest BCUT2D eigenvalue weighted by atomic mass is 16.6. The number of anilines is 1. The smallest absolute Gasteiger partial charge is 0.260 e. The first-order chi connectivity index (χ1) is 10.3. The number of hydrogen-bond acceptors (Lipinski definition) is 3. The summed E-state index contributed by atoms with van der Waals surface area (Å²) in [4.78, 5) is 14.5. The molecule has 0 spiro atoms. The maximum absolute atomic E-state index is 12.8. The van der Waals surface area contributed by atoms with Crippen LogP contribution in [0.5, 0.6) is 5.75 Å². The Morgan fingerprint density at radius 1 is 1.19 bits per heavy atom. The largest absolute Gasteiger partial charge is 0.487 e. The van der Waals surface area contributed by atoms with Gasteiger partial charge >= 0.3 is 0 Å². The van der Waals surface area contributed by atoms with Crippen LogP contribution in [0.25, 0.3) is 0 Å². The van der Waals surface area contributed by atoms with Crippen LogP contribution in [0.1, 0.15) is 17.3 Å². The number of carbonyl (C=O) groups excluding carboxylic acids is 1. The van der Waals surface area contributed by atoms with E-state index in [0.717, 1.165) is 5.69 Å².